The van der Waals surface area contributed by atoms with E-state index in [9.17, 15) is 4.79 Å². The number of hydrogen-bond acceptors (Lipinski definition) is 5. The molecule has 1 aliphatic heterocycles. The zero-order valence-electron chi connectivity index (χ0n) is 15.2. The molecule has 3 aromatic rings. The zero-order chi connectivity index (χ0) is 18.8. The van der Waals surface area contributed by atoms with Crippen molar-refractivity contribution in [3.63, 3.8) is 0 Å². The minimum Gasteiger partial charge on any atom is -0.497 e. The van der Waals surface area contributed by atoms with Crippen LogP contribution in [0.4, 0.5) is 0 Å². The molecule has 0 saturated carbocycles. The molecule has 1 aromatic carbocycles. The van der Waals surface area contributed by atoms with Crippen LogP contribution in [0, 0.1) is 0 Å². The van der Waals surface area contributed by atoms with Gasteiger partial charge >= 0.3 is 0 Å². The van der Waals surface area contributed by atoms with Gasteiger partial charge in [0.2, 0.25) is 0 Å². The second-order valence-electron chi connectivity index (χ2n) is 6.27. The maximum atomic E-state index is 13.0. The summed E-state index contributed by atoms with van der Waals surface area (Å²) in [5, 5.41) is 7.38. The van der Waals surface area contributed by atoms with Crippen LogP contribution < -0.4 is 4.74 Å². The number of hydrogen-bond donors (Lipinski definition) is 1. The van der Waals surface area contributed by atoms with Gasteiger partial charge in [0, 0.05) is 37.2 Å². The molecule has 1 N–H and O–H groups in total. The maximum absolute atomic E-state index is 13.0. The van der Waals surface area contributed by atoms with Crippen LogP contribution in [0.1, 0.15) is 27.7 Å². The molecule has 138 valence electrons. The second-order valence-corrected chi connectivity index (χ2v) is 6.27. The number of rotatable bonds is 6. The highest BCUT2D eigenvalue weighted by Gasteiger charge is 2.42. The molecular weight excluding hydrogens is 344 g/mol. The first-order valence-electron chi connectivity index (χ1n) is 8.67. The molecule has 1 amide bonds. The molecule has 0 spiro atoms. The highest BCUT2D eigenvalue weighted by atomic mass is 16.5. The molecule has 0 saturated heterocycles. The fraction of sp³-hybridized carbons (Fsp3) is 0.250. The molecule has 7 nitrogen and oxygen atoms in total. The summed E-state index contributed by atoms with van der Waals surface area (Å²) in [6, 6.07) is 11.2. The molecule has 3 heterocycles. The number of nitrogens with zero attached hydrogens (tertiary/aromatic N) is 3. The topological polar surface area (TPSA) is 80.3 Å². The molecule has 0 aliphatic carbocycles. The highest BCUT2D eigenvalue weighted by Crippen LogP contribution is 2.42. The van der Waals surface area contributed by atoms with E-state index < -0.39 is 0 Å². The molecule has 0 unspecified atom stereocenters. The molecule has 0 radical (unpaired) electrons. The minimum atomic E-state index is -0.257. The van der Waals surface area contributed by atoms with Gasteiger partial charge in [0.25, 0.3) is 5.91 Å². The number of aromatic amines is 1. The van der Waals surface area contributed by atoms with Crippen molar-refractivity contribution in [2.24, 2.45) is 0 Å². The number of methoxy groups -OCH3 is 2. The lowest BCUT2D eigenvalue weighted by Gasteiger charge is -2.25. The summed E-state index contributed by atoms with van der Waals surface area (Å²) in [5.41, 5.74) is 4.01. The van der Waals surface area contributed by atoms with Crippen molar-refractivity contribution in [1.29, 1.82) is 0 Å². The zero-order valence-corrected chi connectivity index (χ0v) is 15.2. The number of H-pyrrole nitrogens is 1. The van der Waals surface area contributed by atoms with Crippen LogP contribution in [0.25, 0.3) is 11.3 Å². The van der Waals surface area contributed by atoms with Crippen LogP contribution >= 0.6 is 0 Å². The number of fused-ring (bicyclic) bond motifs is 1. The first-order valence-corrected chi connectivity index (χ1v) is 8.67. The van der Waals surface area contributed by atoms with Gasteiger partial charge in [-0.05, 0) is 35.9 Å². The van der Waals surface area contributed by atoms with E-state index in [1.807, 2.05) is 36.4 Å². The van der Waals surface area contributed by atoms with Crippen LogP contribution in [0.2, 0.25) is 0 Å². The van der Waals surface area contributed by atoms with Gasteiger partial charge in [-0.15, -0.1) is 0 Å². The van der Waals surface area contributed by atoms with Crippen LogP contribution in [0.5, 0.6) is 5.75 Å². The van der Waals surface area contributed by atoms with E-state index in [0.717, 1.165) is 28.1 Å². The molecule has 2 aromatic heterocycles. The predicted molar refractivity (Wildman–Crippen MR) is 99.6 cm³/mol. The SMILES string of the molecule is COCCN1C(=O)c2[nH]nc(-c3ccc(OC)cc3)c2[C@@H]1c1cccnc1. The monoisotopic (exact) mass is 364 g/mol. The van der Waals surface area contributed by atoms with Crippen LogP contribution in [0.15, 0.2) is 48.8 Å². The molecule has 27 heavy (non-hydrogen) atoms. The molecule has 0 fully saturated rings. The van der Waals surface area contributed by atoms with Crippen LogP contribution in [-0.2, 0) is 4.74 Å². The van der Waals surface area contributed by atoms with Crippen LogP contribution in [0.3, 0.4) is 0 Å². The Balaban J connectivity index is 1.82. The summed E-state index contributed by atoms with van der Waals surface area (Å²) in [5.74, 6) is 0.690. The maximum Gasteiger partial charge on any atom is 0.273 e. The molecule has 4 rings (SSSR count). The summed E-state index contributed by atoms with van der Waals surface area (Å²) >= 11 is 0. The van der Waals surface area contributed by atoms with Gasteiger partial charge in [0.1, 0.15) is 11.4 Å². The molecule has 0 bridgehead atoms. The average molecular weight is 364 g/mol. The number of carbonyl (C=O) groups is 1. The van der Waals surface area contributed by atoms with Crippen LogP contribution in [-0.4, -0.2) is 53.4 Å². The summed E-state index contributed by atoms with van der Waals surface area (Å²) in [6.45, 7) is 0.942. The lowest BCUT2D eigenvalue weighted by molar-refractivity contribution is 0.0677. The Hall–Kier alpha value is -3.19. The Morgan fingerprint density at radius 3 is 2.67 bits per heavy atom. The quantitative estimate of drug-likeness (QED) is 0.727. The van der Waals surface area contributed by atoms with Crippen molar-refractivity contribution in [2.75, 3.05) is 27.4 Å². The number of nitrogens with one attached hydrogen (secondary N) is 1. The lowest BCUT2D eigenvalue weighted by atomic mass is 9.97. The smallest absolute Gasteiger partial charge is 0.273 e. The third-order valence-electron chi connectivity index (χ3n) is 4.76. The minimum absolute atomic E-state index is 0.0804. The average Bonchev–Trinajstić information content (AvgIpc) is 3.26. The van der Waals surface area contributed by atoms with Crippen molar-refractivity contribution in [1.82, 2.24) is 20.1 Å². The first-order chi connectivity index (χ1) is 13.2. The number of benzene rings is 1. The second kappa shape index (κ2) is 7.20. The van der Waals surface area contributed by atoms with Crippen molar-refractivity contribution in [2.45, 2.75) is 6.04 Å². The lowest BCUT2D eigenvalue weighted by Crippen LogP contribution is -2.32. The summed E-state index contributed by atoms with van der Waals surface area (Å²) in [4.78, 5) is 19.0. The van der Waals surface area contributed by atoms with Crippen molar-refractivity contribution in [3.05, 3.63) is 65.6 Å². The number of aromatic nitrogens is 3. The summed E-state index contributed by atoms with van der Waals surface area (Å²) < 4.78 is 10.4. The Kier molecular flexibility index (Phi) is 4.60. The van der Waals surface area contributed by atoms with Gasteiger partial charge in [-0.3, -0.25) is 14.9 Å². The number of carbonyl (C=O) groups excluding carboxylic acids is 1. The Labute approximate surface area is 156 Å². The van der Waals surface area contributed by atoms with Gasteiger partial charge in [0.15, 0.2) is 0 Å². The predicted octanol–water partition coefficient (Wildman–Crippen LogP) is 2.67. The summed E-state index contributed by atoms with van der Waals surface area (Å²) in [7, 11) is 3.26. The fourth-order valence-corrected chi connectivity index (χ4v) is 3.47. The normalized spacial score (nSPS) is 15.9. The third kappa shape index (κ3) is 2.96. The number of amides is 1. The summed E-state index contributed by atoms with van der Waals surface area (Å²) in [6.07, 6.45) is 3.51. The van der Waals surface area contributed by atoms with Crippen molar-refractivity contribution in [3.8, 4) is 17.0 Å². The third-order valence-corrected chi connectivity index (χ3v) is 4.76. The van der Waals surface area contributed by atoms with Gasteiger partial charge in [-0.2, -0.15) is 5.10 Å². The van der Waals surface area contributed by atoms with E-state index in [1.165, 1.54) is 0 Å². The standard InChI is InChI=1S/C20H20N4O3/c1-26-11-10-24-19(14-4-3-9-21-12-14)16-17(22-23-18(16)20(24)25)13-5-7-15(27-2)8-6-13/h3-9,12,19H,10-11H2,1-2H3,(H,22,23)/t19-/m0/s1. The van der Waals surface area contributed by atoms with Crippen molar-refractivity contribution < 1.29 is 14.3 Å². The first kappa shape index (κ1) is 17.2. The van der Waals surface area contributed by atoms with E-state index in [2.05, 4.69) is 15.2 Å². The Bertz CT molecular complexity index is 938. The molecule has 7 heteroatoms. The van der Waals surface area contributed by atoms with Crippen molar-refractivity contribution >= 4 is 5.91 Å². The Morgan fingerprint density at radius 2 is 2.00 bits per heavy atom. The van der Waals surface area contributed by atoms with E-state index in [4.69, 9.17) is 9.47 Å². The van der Waals surface area contributed by atoms with Gasteiger partial charge < -0.3 is 14.4 Å². The van der Waals surface area contributed by atoms with E-state index in [1.54, 1.807) is 31.5 Å². The molecule has 1 aliphatic rings. The highest BCUT2D eigenvalue weighted by molar-refractivity contribution is 6.00. The number of ether oxygens (including phenoxy) is 2. The van der Waals surface area contributed by atoms with E-state index >= 15 is 0 Å². The molecule has 1 atom stereocenters. The molecular formula is C20H20N4O3. The van der Waals surface area contributed by atoms with Gasteiger partial charge in [0.05, 0.1) is 25.5 Å². The fourth-order valence-electron chi connectivity index (χ4n) is 3.47. The van der Waals surface area contributed by atoms with E-state index in [-0.39, 0.29) is 11.9 Å². The number of pyridine rings is 1. The largest absolute Gasteiger partial charge is 0.497 e. The van der Waals surface area contributed by atoms with E-state index in [0.29, 0.717) is 18.8 Å². The van der Waals surface area contributed by atoms with Gasteiger partial charge in [-0.1, -0.05) is 6.07 Å². The Morgan fingerprint density at radius 1 is 1.19 bits per heavy atom. The van der Waals surface area contributed by atoms with Gasteiger partial charge in [-0.25, -0.2) is 0 Å².